The van der Waals surface area contributed by atoms with Crippen LogP contribution in [0, 0.1) is 13.8 Å². The number of benzene rings is 1. The Bertz CT molecular complexity index is 573. The van der Waals surface area contributed by atoms with Gasteiger partial charge in [-0.2, -0.15) is 0 Å². The summed E-state index contributed by atoms with van der Waals surface area (Å²) in [5.74, 6) is 0.810. The van der Waals surface area contributed by atoms with Crippen LogP contribution in [-0.4, -0.2) is 42.6 Å². The lowest BCUT2D eigenvalue weighted by Gasteiger charge is -2.35. The third-order valence-electron chi connectivity index (χ3n) is 5.63. The van der Waals surface area contributed by atoms with Crippen LogP contribution in [0.3, 0.4) is 0 Å². The standard InChI is InChI=1S/C22H36N2O2/c1-5-19-12-7-8-15-24(19)16-10-14-23-22(25)20(6-2)26-21-13-9-11-17(3)18(21)4/h9,11,13,19-20H,5-8,10,12,14-16H2,1-4H3,(H,23,25)/t19-,20-/m1/s1. The molecular formula is C22H36N2O2. The molecule has 146 valence electrons. The molecule has 2 rings (SSSR count). The van der Waals surface area contributed by atoms with Gasteiger partial charge < -0.3 is 15.0 Å². The number of rotatable bonds is 9. The number of piperidine rings is 1. The number of hydrogen-bond donors (Lipinski definition) is 1. The summed E-state index contributed by atoms with van der Waals surface area (Å²) in [6, 6.07) is 6.72. The van der Waals surface area contributed by atoms with E-state index in [0.717, 1.165) is 36.9 Å². The zero-order valence-corrected chi connectivity index (χ0v) is 17.0. The molecule has 0 aliphatic carbocycles. The summed E-state index contributed by atoms with van der Waals surface area (Å²) in [6.07, 6.45) is 6.47. The molecule has 1 saturated heterocycles. The van der Waals surface area contributed by atoms with Crippen LogP contribution in [-0.2, 0) is 4.79 Å². The van der Waals surface area contributed by atoms with E-state index in [0.29, 0.717) is 6.42 Å². The van der Waals surface area contributed by atoms with Crippen LogP contribution in [0.2, 0.25) is 0 Å². The highest BCUT2D eigenvalue weighted by Crippen LogP contribution is 2.22. The first-order valence-corrected chi connectivity index (χ1v) is 10.3. The van der Waals surface area contributed by atoms with Gasteiger partial charge in [0.1, 0.15) is 5.75 Å². The normalized spacial score (nSPS) is 19.2. The number of nitrogens with one attached hydrogen (secondary N) is 1. The number of carbonyl (C=O) groups is 1. The lowest BCUT2D eigenvalue weighted by Crippen LogP contribution is -2.42. The van der Waals surface area contributed by atoms with Crippen molar-refractivity contribution in [2.75, 3.05) is 19.6 Å². The molecule has 26 heavy (non-hydrogen) atoms. The highest BCUT2D eigenvalue weighted by Gasteiger charge is 2.21. The van der Waals surface area contributed by atoms with Crippen molar-refractivity contribution in [2.45, 2.75) is 78.4 Å². The van der Waals surface area contributed by atoms with E-state index in [9.17, 15) is 4.79 Å². The van der Waals surface area contributed by atoms with Crippen LogP contribution in [0.5, 0.6) is 5.75 Å². The number of likely N-dealkylation sites (tertiary alicyclic amines) is 1. The van der Waals surface area contributed by atoms with Crippen molar-refractivity contribution in [2.24, 2.45) is 0 Å². The number of aryl methyl sites for hydroxylation is 1. The first kappa shape index (κ1) is 20.8. The second-order valence-electron chi connectivity index (χ2n) is 7.45. The lowest BCUT2D eigenvalue weighted by atomic mass is 10.00. The van der Waals surface area contributed by atoms with E-state index >= 15 is 0 Å². The summed E-state index contributed by atoms with van der Waals surface area (Å²) in [5, 5.41) is 3.07. The summed E-state index contributed by atoms with van der Waals surface area (Å²) >= 11 is 0. The molecule has 0 bridgehead atoms. The Morgan fingerprint density at radius 3 is 2.85 bits per heavy atom. The molecule has 0 spiro atoms. The van der Waals surface area contributed by atoms with Crippen molar-refractivity contribution >= 4 is 5.91 Å². The number of amides is 1. The first-order valence-electron chi connectivity index (χ1n) is 10.3. The van der Waals surface area contributed by atoms with E-state index in [1.165, 1.54) is 37.8 Å². The monoisotopic (exact) mass is 360 g/mol. The van der Waals surface area contributed by atoms with Gasteiger partial charge in [-0.1, -0.05) is 32.4 Å². The Morgan fingerprint density at radius 2 is 2.12 bits per heavy atom. The summed E-state index contributed by atoms with van der Waals surface area (Å²) in [4.78, 5) is 15.1. The van der Waals surface area contributed by atoms with Gasteiger partial charge >= 0.3 is 0 Å². The third kappa shape index (κ3) is 5.73. The molecule has 1 amide bonds. The number of carbonyl (C=O) groups excluding carboxylic acids is 1. The third-order valence-corrected chi connectivity index (χ3v) is 5.63. The molecule has 0 saturated carbocycles. The van der Waals surface area contributed by atoms with Gasteiger partial charge in [-0.25, -0.2) is 0 Å². The quantitative estimate of drug-likeness (QED) is 0.670. The Morgan fingerprint density at radius 1 is 1.31 bits per heavy atom. The van der Waals surface area contributed by atoms with Gasteiger partial charge in [-0.15, -0.1) is 0 Å². The molecule has 1 heterocycles. The van der Waals surface area contributed by atoms with Crippen LogP contribution < -0.4 is 10.1 Å². The van der Waals surface area contributed by atoms with Crippen molar-refractivity contribution in [3.05, 3.63) is 29.3 Å². The average Bonchev–Trinajstić information content (AvgIpc) is 2.66. The molecule has 1 aliphatic heterocycles. The molecule has 4 nitrogen and oxygen atoms in total. The zero-order valence-electron chi connectivity index (χ0n) is 17.0. The van der Waals surface area contributed by atoms with Crippen molar-refractivity contribution in [1.29, 1.82) is 0 Å². The molecule has 1 aliphatic rings. The number of nitrogens with zero attached hydrogens (tertiary/aromatic N) is 1. The minimum absolute atomic E-state index is 0.000841. The van der Waals surface area contributed by atoms with E-state index in [4.69, 9.17) is 4.74 Å². The van der Waals surface area contributed by atoms with E-state index in [2.05, 4.69) is 30.1 Å². The molecule has 0 radical (unpaired) electrons. The largest absolute Gasteiger partial charge is 0.480 e. The van der Waals surface area contributed by atoms with Gasteiger partial charge in [-0.3, -0.25) is 4.79 Å². The molecule has 1 aromatic carbocycles. The van der Waals surface area contributed by atoms with Crippen LogP contribution in [0.4, 0.5) is 0 Å². The number of ether oxygens (including phenoxy) is 1. The SMILES string of the molecule is CC[C@@H]1CCCCN1CCCNC(=O)[C@@H](CC)Oc1cccc(C)c1C. The maximum Gasteiger partial charge on any atom is 0.261 e. The second-order valence-corrected chi connectivity index (χ2v) is 7.45. The van der Waals surface area contributed by atoms with Crippen LogP contribution in [0.1, 0.15) is 63.5 Å². The lowest BCUT2D eigenvalue weighted by molar-refractivity contribution is -0.128. The molecule has 2 atom stereocenters. The van der Waals surface area contributed by atoms with Crippen LogP contribution in [0.15, 0.2) is 18.2 Å². The number of hydrogen-bond acceptors (Lipinski definition) is 3. The summed E-state index contributed by atoms with van der Waals surface area (Å²) < 4.78 is 6.00. The van der Waals surface area contributed by atoms with E-state index in [-0.39, 0.29) is 5.91 Å². The first-order chi connectivity index (χ1) is 12.6. The van der Waals surface area contributed by atoms with Gasteiger partial charge in [0.15, 0.2) is 6.10 Å². The van der Waals surface area contributed by atoms with Gasteiger partial charge in [0.05, 0.1) is 0 Å². The predicted octanol–water partition coefficient (Wildman–Crippen LogP) is 4.23. The zero-order chi connectivity index (χ0) is 18.9. The van der Waals surface area contributed by atoms with Crippen LogP contribution >= 0.6 is 0 Å². The van der Waals surface area contributed by atoms with Gasteiger partial charge in [0.25, 0.3) is 5.91 Å². The van der Waals surface area contributed by atoms with E-state index < -0.39 is 6.10 Å². The van der Waals surface area contributed by atoms with Crippen molar-refractivity contribution in [3.8, 4) is 5.75 Å². The highest BCUT2D eigenvalue weighted by molar-refractivity contribution is 5.81. The van der Waals surface area contributed by atoms with Crippen molar-refractivity contribution in [1.82, 2.24) is 10.2 Å². The van der Waals surface area contributed by atoms with Gasteiger partial charge in [-0.05, 0) is 69.7 Å². The topological polar surface area (TPSA) is 41.6 Å². The molecule has 1 aromatic rings. The molecular weight excluding hydrogens is 324 g/mol. The Balaban J connectivity index is 1.77. The van der Waals surface area contributed by atoms with Gasteiger partial charge in [0, 0.05) is 19.1 Å². The van der Waals surface area contributed by atoms with Crippen molar-refractivity contribution < 1.29 is 9.53 Å². The van der Waals surface area contributed by atoms with E-state index in [1.54, 1.807) is 0 Å². The maximum absolute atomic E-state index is 12.5. The predicted molar refractivity (Wildman–Crippen MR) is 108 cm³/mol. The minimum Gasteiger partial charge on any atom is -0.480 e. The fraction of sp³-hybridized carbons (Fsp3) is 0.682. The highest BCUT2D eigenvalue weighted by atomic mass is 16.5. The average molecular weight is 361 g/mol. The maximum atomic E-state index is 12.5. The fourth-order valence-electron chi connectivity index (χ4n) is 3.75. The smallest absolute Gasteiger partial charge is 0.261 e. The van der Waals surface area contributed by atoms with E-state index in [1.807, 2.05) is 26.0 Å². The summed E-state index contributed by atoms with van der Waals surface area (Å²) in [7, 11) is 0. The molecule has 4 heteroatoms. The molecule has 0 unspecified atom stereocenters. The Labute approximate surface area is 159 Å². The summed E-state index contributed by atoms with van der Waals surface area (Å²) in [6.45, 7) is 11.4. The molecule has 1 N–H and O–H groups in total. The van der Waals surface area contributed by atoms with Crippen molar-refractivity contribution in [3.63, 3.8) is 0 Å². The minimum atomic E-state index is -0.422. The van der Waals surface area contributed by atoms with Crippen LogP contribution in [0.25, 0.3) is 0 Å². The Kier molecular flexibility index (Phi) is 8.43. The van der Waals surface area contributed by atoms with Gasteiger partial charge in [0.2, 0.25) is 0 Å². The molecule has 0 aromatic heterocycles. The molecule has 1 fully saturated rings. The Hall–Kier alpha value is -1.55. The summed E-state index contributed by atoms with van der Waals surface area (Å²) in [5.41, 5.74) is 2.29. The fourth-order valence-corrected chi connectivity index (χ4v) is 3.75. The second kappa shape index (κ2) is 10.6.